The largest absolute Gasteiger partial charge is 0.416 e. The van der Waals surface area contributed by atoms with Crippen molar-refractivity contribution < 1.29 is 18.0 Å². The van der Waals surface area contributed by atoms with E-state index in [-0.39, 0.29) is 5.91 Å². The van der Waals surface area contributed by atoms with Crippen LogP contribution in [-0.4, -0.2) is 37.0 Å². The highest BCUT2D eigenvalue weighted by Crippen LogP contribution is 2.31. The van der Waals surface area contributed by atoms with Gasteiger partial charge in [-0.1, -0.05) is 6.07 Å². The van der Waals surface area contributed by atoms with Crippen molar-refractivity contribution in [1.29, 1.82) is 0 Å². The lowest BCUT2D eigenvalue weighted by Crippen LogP contribution is -2.48. The van der Waals surface area contributed by atoms with Crippen LogP contribution >= 0.6 is 0 Å². The number of piperazine rings is 1. The number of carbonyl (C=O) groups excluding carboxylic acids is 1. The molecule has 0 atom stereocenters. The van der Waals surface area contributed by atoms with Gasteiger partial charge in [-0.05, 0) is 18.2 Å². The second kappa shape index (κ2) is 5.11. The van der Waals surface area contributed by atoms with Crippen molar-refractivity contribution >= 4 is 11.6 Å². The van der Waals surface area contributed by atoms with E-state index in [4.69, 9.17) is 0 Å². The Morgan fingerprint density at radius 2 is 1.79 bits per heavy atom. The molecule has 2 rings (SSSR count). The number of alkyl halides is 3. The molecular weight excluding hydrogens is 257 g/mol. The van der Waals surface area contributed by atoms with E-state index in [2.05, 4.69) is 0 Å². The number of carbonyl (C=O) groups is 1. The standard InChI is InChI=1S/C13H15F3N2O/c1-10(19)17-5-7-18(8-6-17)12-4-2-3-11(9-12)13(14,15)16/h2-4,9H,5-8H2,1H3. The summed E-state index contributed by atoms with van der Waals surface area (Å²) >= 11 is 0. The summed E-state index contributed by atoms with van der Waals surface area (Å²) in [6.45, 7) is 3.71. The maximum atomic E-state index is 12.6. The molecule has 0 aliphatic carbocycles. The second-order valence-corrected chi connectivity index (χ2v) is 4.54. The molecule has 1 heterocycles. The topological polar surface area (TPSA) is 23.6 Å². The van der Waals surface area contributed by atoms with E-state index in [0.29, 0.717) is 31.9 Å². The third-order valence-corrected chi connectivity index (χ3v) is 3.26. The van der Waals surface area contributed by atoms with Gasteiger partial charge in [0, 0.05) is 38.8 Å². The molecule has 0 N–H and O–H groups in total. The molecule has 0 spiro atoms. The van der Waals surface area contributed by atoms with Gasteiger partial charge in [0.15, 0.2) is 0 Å². The molecule has 0 radical (unpaired) electrons. The summed E-state index contributed by atoms with van der Waals surface area (Å²) in [6.07, 6.45) is -4.32. The van der Waals surface area contributed by atoms with Crippen LogP contribution in [0.3, 0.4) is 0 Å². The minimum Gasteiger partial charge on any atom is -0.368 e. The molecule has 6 heteroatoms. The number of amides is 1. The third kappa shape index (κ3) is 3.19. The van der Waals surface area contributed by atoms with Crippen LogP contribution < -0.4 is 4.90 Å². The minimum atomic E-state index is -4.32. The van der Waals surface area contributed by atoms with Crippen LogP contribution in [0.1, 0.15) is 12.5 Å². The lowest BCUT2D eigenvalue weighted by Gasteiger charge is -2.35. The highest BCUT2D eigenvalue weighted by Gasteiger charge is 2.31. The van der Waals surface area contributed by atoms with Crippen LogP contribution in [0.4, 0.5) is 18.9 Å². The van der Waals surface area contributed by atoms with Crippen molar-refractivity contribution in [3.63, 3.8) is 0 Å². The van der Waals surface area contributed by atoms with Crippen LogP contribution in [0, 0.1) is 0 Å². The Morgan fingerprint density at radius 3 is 2.32 bits per heavy atom. The number of hydrogen-bond acceptors (Lipinski definition) is 2. The van der Waals surface area contributed by atoms with Gasteiger partial charge < -0.3 is 9.80 Å². The molecule has 104 valence electrons. The molecule has 1 aromatic rings. The Balaban J connectivity index is 2.10. The Labute approximate surface area is 109 Å². The highest BCUT2D eigenvalue weighted by molar-refractivity contribution is 5.73. The van der Waals surface area contributed by atoms with Gasteiger partial charge in [-0.15, -0.1) is 0 Å². The summed E-state index contributed by atoms with van der Waals surface area (Å²) in [4.78, 5) is 14.8. The van der Waals surface area contributed by atoms with Crippen molar-refractivity contribution in [2.75, 3.05) is 31.1 Å². The van der Waals surface area contributed by atoms with Crippen molar-refractivity contribution in [2.45, 2.75) is 13.1 Å². The smallest absolute Gasteiger partial charge is 0.368 e. The maximum Gasteiger partial charge on any atom is 0.416 e. The molecule has 0 unspecified atom stereocenters. The fourth-order valence-corrected chi connectivity index (χ4v) is 2.16. The average molecular weight is 272 g/mol. The van der Waals surface area contributed by atoms with Crippen LogP contribution in [0.5, 0.6) is 0 Å². The minimum absolute atomic E-state index is 0.00342. The molecule has 3 nitrogen and oxygen atoms in total. The second-order valence-electron chi connectivity index (χ2n) is 4.54. The van der Waals surface area contributed by atoms with Gasteiger partial charge in [-0.3, -0.25) is 4.79 Å². The van der Waals surface area contributed by atoms with E-state index in [1.54, 1.807) is 11.0 Å². The van der Waals surface area contributed by atoms with E-state index >= 15 is 0 Å². The molecule has 1 aliphatic rings. The van der Waals surface area contributed by atoms with E-state index < -0.39 is 11.7 Å². The van der Waals surface area contributed by atoms with Crippen LogP contribution in [0.2, 0.25) is 0 Å². The van der Waals surface area contributed by atoms with Gasteiger partial charge in [0.2, 0.25) is 5.91 Å². The van der Waals surface area contributed by atoms with Crippen molar-refractivity contribution in [3.8, 4) is 0 Å². The van der Waals surface area contributed by atoms with E-state index in [9.17, 15) is 18.0 Å². The van der Waals surface area contributed by atoms with Crippen LogP contribution in [0.15, 0.2) is 24.3 Å². The summed E-state index contributed by atoms with van der Waals surface area (Å²) < 4.78 is 37.9. The van der Waals surface area contributed by atoms with Crippen molar-refractivity contribution in [3.05, 3.63) is 29.8 Å². The molecule has 0 bridgehead atoms. The van der Waals surface area contributed by atoms with Gasteiger partial charge in [0.25, 0.3) is 0 Å². The summed E-state index contributed by atoms with van der Waals surface area (Å²) in [5, 5.41) is 0. The Bertz CT molecular complexity index is 465. The van der Waals surface area contributed by atoms with Gasteiger partial charge in [-0.25, -0.2) is 0 Å². The normalized spacial score (nSPS) is 16.6. The molecule has 1 aliphatic heterocycles. The van der Waals surface area contributed by atoms with Crippen LogP contribution in [-0.2, 0) is 11.0 Å². The van der Waals surface area contributed by atoms with Gasteiger partial charge in [-0.2, -0.15) is 13.2 Å². The Hall–Kier alpha value is -1.72. The zero-order chi connectivity index (χ0) is 14.0. The zero-order valence-electron chi connectivity index (χ0n) is 10.6. The zero-order valence-corrected chi connectivity index (χ0v) is 10.6. The van der Waals surface area contributed by atoms with Crippen LogP contribution in [0.25, 0.3) is 0 Å². The molecule has 1 aromatic carbocycles. The maximum absolute atomic E-state index is 12.6. The quantitative estimate of drug-likeness (QED) is 0.783. The van der Waals surface area contributed by atoms with Gasteiger partial charge in [0.1, 0.15) is 0 Å². The summed E-state index contributed by atoms with van der Waals surface area (Å²) in [6, 6.07) is 5.30. The Kier molecular flexibility index (Phi) is 3.68. The first-order chi connectivity index (χ1) is 8.88. The lowest BCUT2D eigenvalue weighted by atomic mass is 10.1. The van der Waals surface area contributed by atoms with Crippen molar-refractivity contribution in [2.24, 2.45) is 0 Å². The molecule has 1 saturated heterocycles. The molecule has 1 fully saturated rings. The number of halogens is 3. The number of benzene rings is 1. The molecular formula is C13H15F3N2O. The first-order valence-electron chi connectivity index (χ1n) is 6.05. The molecule has 1 amide bonds. The van der Waals surface area contributed by atoms with Gasteiger partial charge in [0.05, 0.1) is 5.56 Å². The summed E-state index contributed by atoms with van der Waals surface area (Å²) in [5.41, 5.74) is -0.0861. The monoisotopic (exact) mass is 272 g/mol. The molecule has 0 saturated carbocycles. The van der Waals surface area contributed by atoms with Crippen molar-refractivity contribution in [1.82, 2.24) is 4.90 Å². The Morgan fingerprint density at radius 1 is 1.16 bits per heavy atom. The van der Waals surface area contributed by atoms with E-state index in [1.807, 2.05) is 4.90 Å². The lowest BCUT2D eigenvalue weighted by molar-refractivity contribution is -0.137. The molecule has 19 heavy (non-hydrogen) atoms. The first kappa shape index (κ1) is 13.7. The first-order valence-corrected chi connectivity index (χ1v) is 6.05. The number of rotatable bonds is 1. The number of hydrogen-bond donors (Lipinski definition) is 0. The third-order valence-electron chi connectivity index (χ3n) is 3.26. The fourth-order valence-electron chi connectivity index (χ4n) is 2.16. The number of anilines is 1. The van der Waals surface area contributed by atoms with E-state index in [0.717, 1.165) is 12.1 Å². The van der Waals surface area contributed by atoms with E-state index in [1.165, 1.54) is 13.0 Å². The fraction of sp³-hybridized carbons (Fsp3) is 0.462. The predicted octanol–water partition coefficient (Wildman–Crippen LogP) is 2.37. The predicted molar refractivity (Wildman–Crippen MR) is 65.9 cm³/mol. The molecule has 0 aromatic heterocycles. The van der Waals surface area contributed by atoms with Gasteiger partial charge >= 0.3 is 6.18 Å². The summed E-state index contributed by atoms with van der Waals surface area (Å²) in [5.74, 6) is 0.00342. The highest BCUT2D eigenvalue weighted by atomic mass is 19.4. The summed E-state index contributed by atoms with van der Waals surface area (Å²) in [7, 11) is 0. The SMILES string of the molecule is CC(=O)N1CCN(c2cccc(C(F)(F)F)c2)CC1. The number of nitrogens with zero attached hydrogens (tertiary/aromatic N) is 2. The average Bonchev–Trinajstić information content (AvgIpc) is 2.38.